The highest BCUT2D eigenvalue weighted by Crippen LogP contribution is 2.31. The minimum Gasteiger partial charge on any atom is -0.506 e. The lowest BCUT2D eigenvalue weighted by Crippen LogP contribution is -2.48. The number of aromatic hydroxyl groups is 1. The molecule has 26 heavy (non-hydrogen) atoms. The fourth-order valence-electron chi connectivity index (χ4n) is 3.32. The summed E-state index contributed by atoms with van der Waals surface area (Å²) in [7, 11) is -3.66. The van der Waals surface area contributed by atoms with Crippen molar-refractivity contribution < 1.29 is 13.5 Å². The van der Waals surface area contributed by atoms with Crippen LogP contribution in [0.25, 0.3) is 10.9 Å². The number of aromatic nitrogens is 1. The zero-order chi connectivity index (χ0) is 18.1. The number of phenols is 1. The number of para-hydroxylation sites is 1. The number of phenolic OH excluding ortho intramolecular Hbond substituents is 1. The van der Waals surface area contributed by atoms with Crippen molar-refractivity contribution in [2.75, 3.05) is 31.1 Å². The molecule has 0 amide bonds. The van der Waals surface area contributed by atoms with Crippen molar-refractivity contribution in [2.45, 2.75) is 4.90 Å². The van der Waals surface area contributed by atoms with Gasteiger partial charge in [-0.25, -0.2) is 8.42 Å². The SMILES string of the molecule is O=S(=O)(c1ccc(O)c2ncccc12)N1CCN(c2ccccc2)CC1. The van der Waals surface area contributed by atoms with Crippen LogP contribution in [0, 0.1) is 0 Å². The first-order chi connectivity index (χ1) is 12.6. The van der Waals surface area contributed by atoms with E-state index in [4.69, 9.17) is 0 Å². The topological polar surface area (TPSA) is 73.7 Å². The van der Waals surface area contributed by atoms with E-state index in [0.29, 0.717) is 37.1 Å². The lowest BCUT2D eigenvalue weighted by molar-refractivity contribution is 0.385. The number of piperazine rings is 1. The average molecular weight is 369 g/mol. The van der Waals surface area contributed by atoms with Crippen molar-refractivity contribution >= 4 is 26.6 Å². The van der Waals surface area contributed by atoms with Crippen LogP contribution in [0.3, 0.4) is 0 Å². The van der Waals surface area contributed by atoms with Gasteiger partial charge in [-0.3, -0.25) is 4.98 Å². The summed E-state index contributed by atoms with van der Waals surface area (Å²) < 4.78 is 27.8. The van der Waals surface area contributed by atoms with Gasteiger partial charge in [-0.15, -0.1) is 0 Å². The summed E-state index contributed by atoms with van der Waals surface area (Å²) in [5, 5.41) is 10.4. The number of fused-ring (bicyclic) bond motifs is 1. The third kappa shape index (κ3) is 2.89. The highest BCUT2D eigenvalue weighted by Gasteiger charge is 2.30. The number of rotatable bonds is 3. The molecule has 1 saturated heterocycles. The first kappa shape index (κ1) is 16.8. The second-order valence-electron chi connectivity index (χ2n) is 6.21. The summed E-state index contributed by atoms with van der Waals surface area (Å²) in [6, 6.07) is 16.2. The maximum Gasteiger partial charge on any atom is 0.243 e. The van der Waals surface area contributed by atoms with Gasteiger partial charge in [-0.1, -0.05) is 18.2 Å². The lowest BCUT2D eigenvalue weighted by atomic mass is 10.2. The van der Waals surface area contributed by atoms with Gasteiger partial charge in [-0.05, 0) is 36.4 Å². The van der Waals surface area contributed by atoms with Gasteiger partial charge in [0.25, 0.3) is 0 Å². The molecule has 2 aromatic carbocycles. The Kier molecular flexibility index (Phi) is 4.26. The molecule has 1 aromatic heterocycles. The molecule has 1 aliphatic rings. The molecule has 0 atom stereocenters. The Morgan fingerprint density at radius 3 is 2.35 bits per heavy atom. The standard InChI is InChI=1S/C19H19N3O3S/c23-17-8-9-18(16-7-4-10-20-19(16)17)26(24,25)22-13-11-21(12-14-22)15-5-2-1-3-6-15/h1-10,23H,11-14H2. The summed E-state index contributed by atoms with van der Waals surface area (Å²) in [5.74, 6) is -0.0200. The van der Waals surface area contributed by atoms with E-state index in [0.717, 1.165) is 5.69 Å². The van der Waals surface area contributed by atoms with E-state index < -0.39 is 10.0 Å². The molecule has 6 nitrogen and oxygen atoms in total. The van der Waals surface area contributed by atoms with E-state index >= 15 is 0 Å². The van der Waals surface area contributed by atoms with Crippen LogP contribution in [0.4, 0.5) is 5.69 Å². The lowest BCUT2D eigenvalue weighted by Gasteiger charge is -2.35. The number of hydrogen-bond donors (Lipinski definition) is 1. The van der Waals surface area contributed by atoms with E-state index in [-0.39, 0.29) is 10.6 Å². The average Bonchev–Trinajstić information content (AvgIpc) is 2.69. The second-order valence-corrected chi connectivity index (χ2v) is 8.12. The minimum absolute atomic E-state index is 0.0200. The summed E-state index contributed by atoms with van der Waals surface area (Å²) in [6.45, 7) is 2.11. The molecule has 0 radical (unpaired) electrons. The van der Waals surface area contributed by atoms with Crippen LogP contribution in [-0.2, 0) is 10.0 Å². The Bertz CT molecular complexity index is 1030. The molecule has 3 aromatic rings. The number of anilines is 1. The van der Waals surface area contributed by atoms with Crippen molar-refractivity contribution in [1.29, 1.82) is 0 Å². The first-order valence-electron chi connectivity index (χ1n) is 8.44. The number of sulfonamides is 1. The number of nitrogens with zero attached hydrogens (tertiary/aromatic N) is 3. The quantitative estimate of drug-likeness (QED) is 0.768. The Balaban J connectivity index is 1.62. The van der Waals surface area contributed by atoms with E-state index in [9.17, 15) is 13.5 Å². The van der Waals surface area contributed by atoms with E-state index in [1.807, 2.05) is 30.3 Å². The predicted octanol–water partition coefficient (Wildman–Crippen LogP) is 2.45. The van der Waals surface area contributed by atoms with Crippen molar-refractivity contribution in [1.82, 2.24) is 9.29 Å². The Labute approximate surface area is 152 Å². The summed E-state index contributed by atoms with van der Waals surface area (Å²) in [5.41, 5.74) is 1.40. The maximum absolute atomic E-state index is 13.2. The van der Waals surface area contributed by atoms with Crippen LogP contribution in [0.5, 0.6) is 5.75 Å². The van der Waals surface area contributed by atoms with Gasteiger partial charge in [0.15, 0.2) is 0 Å². The molecule has 0 spiro atoms. The van der Waals surface area contributed by atoms with E-state index in [2.05, 4.69) is 9.88 Å². The summed E-state index contributed by atoms with van der Waals surface area (Å²) in [4.78, 5) is 6.48. The molecule has 2 heterocycles. The molecule has 0 aliphatic carbocycles. The van der Waals surface area contributed by atoms with Gasteiger partial charge in [-0.2, -0.15) is 4.31 Å². The molecule has 1 aliphatic heterocycles. The van der Waals surface area contributed by atoms with Crippen molar-refractivity contribution in [3.05, 3.63) is 60.8 Å². The van der Waals surface area contributed by atoms with E-state index in [1.54, 1.807) is 12.1 Å². The van der Waals surface area contributed by atoms with Crippen LogP contribution >= 0.6 is 0 Å². The highest BCUT2D eigenvalue weighted by molar-refractivity contribution is 7.89. The third-order valence-electron chi connectivity index (χ3n) is 4.69. The van der Waals surface area contributed by atoms with E-state index in [1.165, 1.54) is 22.6 Å². The number of pyridine rings is 1. The monoisotopic (exact) mass is 369 g/mol. The molecular formula is C19H19N3O3S. The van der Waals surface area contributed by atoms with Crippen molar-refractivity contribution in [3.63, 3.8) is 0 Å². The summed E-state index contributed by atoms with van der Waals surface area (Å²) >= 11 is 0. The highest BCUT2D eigenvalue weighted by atomic mass is 32.2. The Morgan fingerprint density at radius 2 is 1.62 bits per heavy atom. The van der Waals surface area contributed by atoms with Crippen LogP contribution < -0.4 is 4.90 Å². The zero-order valence-corrected chi connectivity index (χ0v) is 14.9. The minimum atomic E-state index is -3.66. The molecule has 134 valence electrons. The molecule has 1 N–H and O–H groups in total. The van der Waals surface area contributed by atoms with Gasteiger partial charge in [0.05, 0.1) is 4.90 Å². The fourth-order valence-corrected chi connectivity index (χ4v) is 4.93. The maximum atomic E-state index is 13.2. The summed E-state index contributed by atoms with van der Waals surface area (Å²) in [6.07, 6.45) is 1.54. The van der Waals surface area contributed by atoms with Gasteiger partial charge in [0.1, 0.15) is 11.3 Å². The van der Waals surface area contributed by atoms with Gasteiger partial charge in [0, 0.05) is 43.4 Å². The van der Waals surface area contributed by atoms with Crippen LogP contribution in [0.2, 0.25) is 0 Å². The predicted molar refractivity (Wildman–Crippen MR) is 101 cm³/mol. The molecule has 0 unspecified atom stereocenters. The molecule has 4 rings (SSSR count). The van der Waals surface area contributed by atoms with Crippen LogP contribution in [-0.4, -0.2) is 49.0 Å². The largest absolute Gasteiger partial charge is 0.506 e. The fraction of sp³-hybridized carbons (Fsp3) is 0.211. The molecule has 1 fully saturated rings. The van der Waals surface area contributed by atoms with Crippen molar-refractivity contribution in [3.8, 4) is 5.75 Å². The molecular weight excluding hydrogens is 350 g/mol. The second kappa shape index (κ2) is 6.59. The first-order valence-corrected chi connectivity index (χ1v) is 9.88. The normalized spacial score (nSPS) is 16.1. The smallest absolute Gasteiger partial charge is 0.243 e. The molecule has 0 bridgehead atoms. The third-order valence-corrected chi connectivity index (χ3v) is 6.64. The molecule has 7 heteroatoms. The molecule has 0 saturated carbocycles. The van der Waals surface area contributed by atoms with Crippen LogP contribution in [0.15, 0.2) is 65.7 Å². The van der Waals surface area contributed by atoms with Crippen LogP contribution in [0.1, 0.15) is 0 Å². The number of hydrogen-bond acceptors (Lipinski definition) is 5. The Hall–Kier alpha value is -2.64. The Morgan fingerprint density at radius 1 is 0.885 bits per heavy atom. The number of benzene rings is 2. The van der Waals surface area contributed by atoms with Gasteiger partial charge in [0.2, 0.25) is 10.0 Å². The van der Waals surface area contributed by atoms with Gasteiger partial charge < -0.3 is 10.0 Å². The van der Waals surface area contributed by atoms with Crippen molar-refractivity contribution in [2.24, 2.45) is 0 Å². The van der Waals surface area contributed by atoms with Gasteiger partial charge >= 0.3 is 0 Å². The zero-order valence-electron chi connectivity index (χ0n) is 14.1.